The zero-order valence-electron chi connectivity index (χ0n) is 20.6. The van der Waals surface area contributed by atoms with Crippen molar-refractivity contribution in [3.63, 3.8) is 0 Å². The number of halogens is 2. The number of carbonyl (C=O) groups excluding carboxylic acids is 2. The molecule has 7 rings (SSSR count). The number of esters is 1. The molecule has 6 aliphatic rings. The van der Waals surface area contributed by atoms with Gasteiger partial charge in [0.05, 0.1) is 25.8 Å². The molecule has 1 aromatic carbocycles. The van der Waals surface area contributed by atoms with E-state index in [-0.39, 0.29) is 23.4 Å². The number of benzene rings is 1. The summed E-state index contributed by atoms with van der Waals surface area (Å²) in [5, 5.41) is 0. The Hall–Kier alpha value is -2.18. The molecule has 4 bridgehead atoms. The van der Waals surface area contributed by atoms with E-state index in [9.17, 15) is 14.0 Å². The van der Waals surface area contributed by atoms with Gasteiger partial charge in [-0.15, -0.1) is 0 Å². The van der Waals surface area contributed by atoms with Crippen LogP contribution in [0.25, 0.3) is 0 Å². The molecule has 0 spiro atoms. The maximum atomic E-state index is 15.4. The summed E-state index contributed by atoms with van der Waals surface area (Å²) in [5.41, 5.74) is 0.943. The Bertz CT molecular complexity index is 1000. The van der Waals surface area contributed by atoms with Crippen molar-refractivity contribution in [2.24, 2.45) is 29.1 Å². The zero-order valence-corrected chi connectivity index (χ0v) is 20.6. The standard InChI is InChI=1S/C28H35F2NO4/c1-15-23(30)13-31(25(15)27(33)34-2)26(32)21-8-20(19-3-4-19)24(9-22(21)29)35-14-28-10-16-5-17(11-28)7-18(6-16)12-28/h8-9,15-19,23,25H,3-7,10-14H2,1-2H3/t15-,16?,17?,18?,23-,25-,28?/m0/s1. The highest BCUT2D eigenvalue weighted by molar-refractivity contribution is 5.98. The molecule has 1 saturated heterocycles. The molecule has 1 aromatic rings. The number of alkyl halides is 1. The average molecular weight is 488 g/mol. The molecular weight excluding hydrogens is 452 g/mol. The first-order valence-corrected chi connectivity index (χ1v) is 13.3. The maximum Gasteiger partial charge on any atom is 0.328 e. The topological polar surface area (TPSA) is 55.8 Å². The van der Waals surface area contributed by atoms with Gasteiger partial charge in [-0.2, -0.15) is 0 Å². The van der Waals surface area contributed by atoms with Gasteiger partial charge in [0.2, 0.25) is 0 Å². The molecule has 3 atom stereocenters. The average Bonchev–Trinajstić information content (AvgIpc) is 3.61. The summed E-state index contributed by atoms with van der Waals surface area (Å²) in [5.74, 6) is 0.497. The van der Waals surface area contributed by atoms with E-state index < -0.39 is 35.8 Å². The van der Waals surface area contributed by atoms with Gasteiger partial charge < -0.3 is 14.4 Å². The van der Waals surface area contributed by atoms with E-state index in [1.54, 1.807) is 13.0 Å². The number of rotatable bonds is 6. The lowest BCUT2D eigenvalue weighted by atomic mass is 9.50. The van der Waals surface area contributed by atoms with Crippen LogP contribution in [0.5, 0.6) is 5.75 Å². The molecule has 35 heavy (non-hydrogen) atoms. The minimum absolute atomic E-state index is 0.121. The van der Waals surface area contributed by atoms with Gasteiger partial charge in [0, 0.05) is 17.4 Å². The SMILES string of the molecule is COC(=O)[C@@H]1[C@@H](C)[C@@H](F)CN1C(=O)c1cc(C2CC2)c(OCC23CC4CC(CC(C4)C2)C3)cc1F. The van der Waals surface area contributed by atoms with Gasteiger partial charge in [-0.25, -0.2) is 13.6 Å². The van der Waals surface area contributed by atoms with Gasteiger partial charge in [0.1, 0.15) is 23.8 Å². The first kappa shape index (κ1) is 23.2. The minimum Gasteiger partial charge on any atom is -0.493 e. The first-order valence-electron chi connectivity index (χ1n) is 13.3. The van der Waals surface area contributed by atoms with Crippen LogP contribution in [0.3, 0.4) is 0 Å². The number of ether oxygens (including phenoxy) is 2. The van der Waals surface area contributed by atoms with E-state index in [4.69, 9.17) is 9.47 Å². The monoisotopic (exact) mass is 487 g/mol. The van der Waals surface area contributed by atoms with Crippen LogP contribution in [-0.4, -0.2) is 49.3 Å². The Morgan fingerprint density at radius 3 is 2.29 bits per heavy atom. The van der Waals surface area contributed by atoms with Crippen molar-refractivity contribution < 1.29 is 27.8 Å². The molecule has 7 heteroatoms. The maximum absolute atomic E-state index is 15.4. The van der Waals surface area contributed by atoms with Gasteiger partial charge in [-0.3, -0.25) is 4.79 Å². The number of hydrogen-bond donors (Lipinski definition) is 0. The van der Waals surface area contributed by atoms with Crippen molar-refractivity contribution in [2.45, 2.75) is 76.4 Å². The fourth-order valence-corrected chi connectivity index (χ4v) is 8.05. The second-order valence-electron chi connectivity index (χ2n) is 12.2. The van der Waals surface area contributed by atoms with Gasteiger partial charge in [0.15, 0.2) is 0 Å². The van der Waals surface area contributed by atoms with Crippen LogP contribution in [0.15, 0.2) is 12.1 Å². The van der Waals surface area contributed by atoms with Crippen molar-refractivity contribution in [2.75, 3.05) is 20.3 Å². The third-order valence-electron chi connectivity index (χ3n) is 9.52. The number of methoxy groups -OCH3 is 1. The number of likely N-dealkylation sites (tertiary alicyclic amines) is 1. The molecule has 1 aliphatic heterocycles. The zero-order chi connectivity index (χ0) is 24.5. The lowest BCUT2D eigenvalue weighted by Crippen LogP contribution is -2.48. The lowest BCUT2D eigenvalue weighted by molar-refractivity contribution is -0.146. The highest BCUT2D eigenvalue weighted by Crippen LogP contribution is 2.60. The molecular formula is C28H35F2NO4. The number of hydrogen-bond acceptors (Lipinski definition) is 4. The van der Waals surface area contributed by atoms with Crippen LogP contribution in [0.4, 0.5) is 8.78 Å². The fraction of sp³-hybridized carbons (Fsp3) is 0.714. The predicted octanol–water partition coefficient (Wildman–Crippen LogP) is 5.27. The second-order valence-corrected chi connectivity index (χ2v) is 12.2. The van der Waals surface area contributed by atoms with Crippen molar-refractivity contribution >= 4 is 11.9 Å². The van der Waals surface area contributed by atoms with Crippen LogP contribution >= 0.6 is 0 Å². The number of carbonyl (C=O) groups is 2. The van der Waals surface area contributed by atoms with Crippen LogP contribution < -0.4 is 4.74 Å². The smallest absolute Gasteiger partial charge is 0.328 e. The van der Waals surface area contributed by atoms with E-state index >= 15 is 4.39 Å². The first-order chi connectivity index (χ1) is 16.8. The van der Waals surface area contributed by atoms with Crippen LogP contribution in [0, 0.1) is 34.9 Å². The van der Waals surface area contributed by atoms with Gasteiger partial charge in [0.25, 0.3) is 5.91 Å². The Kier molecular flexibility index (Phi) is 5.61. The molecule has 5 aliphatic carbocycles. The second kappa shape index (κ2) is 8.45. The summed E-state index contributed by atoms with van der Waals surface area (Å²) in [4.78, 5) is 26.8. The van der Waals surface area contributed by atoms with Gasteiger partial charge in [-0.1, -0.05) is 6.92 Å². The molecule has 0 N–H and O–H groups in total. The molecule has 190 valence electrons. The fourth-order valence-electron chi connectivity index (χ4n) is 8.05. The quantitative estimate of drug-likeness (QED) is 0.513. The summed E-state index contributed by atoms with van der Waals surface area (Å²) in [6, 6.07) is 1.88. The summed E-state index contributed by atoms with van der Waals surface area (Å²) < 4.78 is 41.0. The number of amides is 1. The van der Waals surface area contributed by atoms with E-state index in [1.807, 2.05) is 0 Å². The van der Waals surface area contributed by atoms with E-state index in [2.05, 4.69) is 0 Å². The highest BCUT2D eigenvalue weighted by Gasteiger charge is 2.51. The molecule has 0 aromatic heterocycles. The summed E-state index contributed by atoms with van der Waals surface area (Å²) in [6.07, 6.45) is 8.31. The summed E-state index contributed by atoms with van der Waals surface area (Å²) in [7, 11) is 1.21. The normalized spacial score (nSPS) is 37.5. The number of nitrogens with zero attached hydrogens (tertiary/aromatic N) is 1. The van der Waals surface area contributed by atoms with Crippen LogP contribution in [0.1, 0.15) is 80.1 Å². The van der Waals surface area contributed by atoms with Crippen LogP contribution in [-0.2, 0) is 9.53 Å². The van der Waals surface area contributed by atoms with E-state index in [1.165, 1.54) is 51.7 Å². The third-order valence-corrected chi connectivity index (χ3v) is 9.52. The molecule has 6 fully saturated rings. The Balaban J connectivity index is 1.25. The molecule has 0 unspecified atom stereocenters. The van der Waals surface area contributed by atoms with Gasteiger partial charge >= 0.3 is 5.97 Å². The van der Waals surface area contributed by atoms with Crippen molar-refractivity contribution in [1.29, 1.82) is 0 Å². The molecule has 0 radical (unpaired) electrons. The third kappa shape index (κ3) is 4.03. The Morgan fingerprint density at radius 1 is 1.09 bits per heavy atom. The van der Waals surface area contributed by atoms with Crippen molar-refractivity contribution in [3.8, 4) is 5.75 Å². The van der Waals surface area contributed by atoms with Crippen molar-refractivity contribution in [3.05, 3.63) is 29.1 Å². The van der Waals surface area contributed by atoms with E-state index in [0.717, 1.165) is 41.1 Å². The Labute approximate surface area is 205 Å². The molecule has 5 nitrogen and oxygen atoms in total. The summed E-state index contributed by atoms with van der Waals surface area (Å²) in [6.45, 7) is 1.94. The predicted molar refractivity (Wildman–Crippen MR) is 125 cm³/mol. The largest absolute Gasteiger partial charge is 0.493 e. The highest BCUT2D eigenvalue weighted by atomic mass is 19.1. The van der Waals surface area contributed by atoms with E-state index in [0.29, 0.717) is 12.4 Å². The van der Waals surface area contributed by atoms with Crippen LogP contribution in [0.2, 0.25) is 0 Å². The Morgan fingerprint density at radius 2 is 1.71 bits per heavy atom. The molecule has 5 saturated carbocycles. The van der Waals surface area contributed by atoms with Crippen molar-refractivity contribution in [1.82, 2.24) is 4.90 Å². The molecule has 1 heterocycles. The minimum atomic E-state index is -1.36. The lowest BCUT2D eigenvalue weighted by Gasteiger charge is -2.56. The van der Waals surface area contributed by atoms with Gasteiger partial charge in [-0.05, 0) is 86.7 Å². The summed E-state index contributed by atoms with van der Waals surface area (Å²) >= 11 is 0. The molecule has 1 amide bonds.